The summed E-state index contributed by atoms with van der Waals surface area (Å²) in [4.78, 5) is 11.7. The van der Waals surface area contributed by atoms with Gasteiger partial charge in [0.1, 0.15) is 0 Å². The van der Waals surface area contributed by atoms with E-state index in [1.807, 2.05) is 0 Å². The van der Waals surface area contributed by atoms with E-state index in [-0.39, 0.29) is 25.1 Å². The smallest absolute Gasteiger partial charge is 0.268 e. The maximum Gasteiger partial charge on any atom is 0.268 e. The zero-order valence-electron chi connectivity index (χ0n) is 14.0. The minimum atomic E-state index is -3.62. The van der Waals surface area contributed by atoms with Crippen LogP contribution in [0.25, 0.3) is 0 Å². The number of carbonyl (C=O) groups excluding carboxylic acids is 1. The quantitative estimate of drug-likeness (QED) is 0.348. The molecule has 9 heteroatoms. The molecule has 1 amide bonds. The highest BCUT2D eigenvalue weighted by molar-refractivity contribution is 7.86. The lowest BCUT2D eigenvalue weighted by Crippen LogP contribution is -2.36. The molecule has 23 heavy (non-hydrogen) atoms. The van der Waals surface area contributed by atoms with Gasteiger partial charge in [-0.25, -0.2) is 0 Å². The molecular formula is C14H29NO7S. The van der Waals surface area contributed by atoms with E-state index < -0.39 is 33.8 Å². The van der Waals surface area contributed by atoms with Crippen molar-refractivity contribution in [2.75, 3.05) is 19.4 Å². The molecule has 3 atom stereocenters. The third-order valence-electron chi connectivity index (χ3n) is 3.34. The van der Waals surface area contributed by atoms with Crippen molar-refractivity contribution in [2.45, 2.75) is 63.8 Å². The predicted octanol–water partition coefficient (Wildman–Crippen LogP) is -0.478. The fraction of sp³-hybridized carbons (Fsp3) is 0.929. The highest BCUT2D eigenvalue weighted by Crippen LogP contribution is 2.19. The largest absolute Gasteiger partial charge is 0.393 e. The van der Waals surface area contributed by atoms with Gasteiger partial charge in [0.2, 0.25) is 5.91 Å². The molecule has 0 radical (unpaired) electrons. The van der Waals surface area contributed by atoms with Gasteiger partial charge in [-0.2, -0.15) is 8.42 Å². The van der Waals surface area contributed by atoms with Crippen LogP contribution in [0.15, 0.2) is 0 Å². The number of amides is 1. The molecule has 0 heterocycles. The summed E-state index contributed by atoms with van der Waals surface area (Å²) in [7, 11) is -2.57. The van der Waals surface area contributed by atoms with Crippen LogP contribution >= 0.6 is 0 Å². The van der Waals surface area contributed by atoms with Crippen molar-refractivity contribution in [3.63, 3.8) is 0 Å². The molecule has 0 aromatic rings. The molecule has 0 aliphatic rings. The Morgan fingerprint density at radius 3 is 2.48 bits per heavy atom. The summed E-state index contributed by atoms with van der Waals surface area (Å²) in [6.07, 6.45) is 0.135. The third kappa shape index (κ3) is 12.4. The van der Waals surface area contributed by atoms with E-state index in [0.29, 0.717) is 19.3 Å². The second kappa shape index (κ2) is 10.2. The van der Waals surface area contributed by atoms with Crippen LogP contribution in [0.3, 0.4) is 0 Å². The molecule has 0 aliphatic carbocycles. The monoisotopic (exact) mass is 355 g/mol. The van der Waals surface area contributed by atoms with Gasteiger partial charge in [0, 0.05) is 6.54 Å². The molecule has 0 aromatic carbocycles. The second-order valence-electron chi connectivity index (χ2n) is 6.08. The van der Waals surface area contributed by atoms with Gasteiger partial charge in [0.25, 0.3) is 10.1 Å². The lowest BCUT2D eigenvalue weighted by atomic mass is 9.93. The van der Waals surface area contributed by atoms with Gasteiger partial charge in [-0.1, -0.05) is 0 Å². The van der Waals surface area contributed by atoms with Gasteiger partial charge in [0.05, 0.1) is 37.1 Å². The summed E-state index contributed by atoms with van der Waals surface area (Å²) >= 11 is 0. The number of hydrogen-bond donors (Lipinski definition) is 4. The van der Waals surface area contributed by atoms with Crippen LogP contribution in [0.5, 0.6) is 0 Å². The van der Waals surface area contributed by atoms with Gasteiger partial charge in [0.15, 0.2) is 0 Å². The Labute approximate surface area is 138 Å². The Balaban J connectivity index is 4.03. The van der Waals surface area contributed by atoms with Crippen LogP contribution in [0, 0.1) is 0 Å². The Hall–Kier alpha value is -0.740. The van der Waals surface area contributed by atoms with Gasteiger partial charge in [-0.3, -0.25) is 8.98 Å². The van der Waals surface area contributed by atoms with Gasteiger partial charge >= 0.3 is 0 Å². The van der Waals surface area contributed by atoms with E-state index >= 15 is 0 Å². The van der Waals surface area contributed by atoms with Crippen molar-refractivity contribution < 1.29 is 32.7 Å². The molecule has 0 spiro atoms. The Morgan fingerprint density at radius 2 is 1.96 bits per heavy atom. The van der Waals surface area contributed by atoms with E-state index in [2.05, 4.69) is 9.50 Å². The predicted molar refractivity (Wildman–Crippen MR) is 85.2 cm³/mol. The van der Waals surface area contributed by atoms with Crippen molar-refractivity contribution in [1.82, 2.24) is 5.32 Å². The van der Waals surface area contributed by atoms with Crippen molar-refractivity contribution >= 4 is 16.0 Å². The van der Waals surface area contributed by atoms with Crippen LogP contribution in [-0.2, 0) is 19.1 Å². The normalized spacial score (nSPS) is 17.3. The molecule has 0 rings (SSSR count). The molecule has 0 unspecified atom stereocenters. The van der Waals surface area contributed by atoms with Crippen molar-refractivity contribution in [3.8, 4) is 0 Å². The zero-order chi connectivity index (χ0) is 18.1. The zero-order valence-corrected chi connectivity index (χ0v) is 14.8. The van der Waals surface area contributed by atoms with Gasteiger partial charge in [-0.15, -0.1) is 0 Å². The lowest BCUT2D eigenvalue weighted by molar-refractivity contribution is -0.125. The summed E-state index contributed by atoms with van der Waals surface area (Å²) in [5.41, 5.74) is -1.24. The highest BCUT2D eigenvalue weighted by atomic mass is 32.2. The lowest BCUT2D eigenvalue weighted by Gasteiger charge is -2.23. The van der Waals surface area contributed by atoms with Crippen LogP contribution in [0.4, 0.5) is 0 Å². The molecule has 4 N–H and O–H groups in total. The molecule has 0 bridgehead atoms. The average molecular weight is 355 g/mol. The van der Waals surface area contributed by atoms with E-state index in [9.17, 15) is 23.4 Å². The SMILES string of the molecule is COS(=O)(=O)CCNC(=O)C[C@@](C)(O)CCC[C@@H](O)C[C@@H](C)O. The molecule has 0 saturated heterocycles. The maximum absolute atomic E-state index is 11.7. The Morgan fingerprint density at radius 1 is 1.35 bits per heavy atom. The van der Waals surface area contributed by atoms with Gasteiger partial charge in [-0.05, 0) is 39.5 Å². The number of hydrogen-bond acceptors (Lipinski definition) is 7. The fourth-order valence-corrected chi connectivity index (χ4v) is 2.64. The molecule has 0 aliphatic heterocycles. The van der Waals surface area contributed by atoms with Gasteiger partial charge < -0.3 is 20.6 Å². The minimum Gasteiger partial charge on any atom is -0.393 e. The number of carbonyl (C=O) groups is 1. The number of aliphatic hydroxyl groups excluding tert-OH is 2. The average Bonchev–Trinajstić information content (AvgIpc) is 2.36. The summed E-state index contributed by atoms with van der Waals surface area (Å²) < 4.78 is 26.4. The first-order chi connectivity index (χ1) is 10.5. The van der Waals surface area contributed by atoms with Crippen molar-refractivity contribution in [1.29, 1.82) is 0 Å². The van der Waals surface area contributed by atoms with E-state index in [1.165, 1.54) is 6.92 Å². The molecule has 138 valence electrons. The molecule has 8 nitrogen and oxygen atoms in total. The topological polar surface area (TPSA) is 133 Å². The molecule has 0 fully saturated rings. The van der Waals surface area contributed by atoms with Crippen LogP contribution in [0.1, 0.15) is 46.0 Å². The standard InChI is InChI=1S/C14H29NO7S/c1-11(16)9-12(17)5-4-6-14(2,19)10-13(18)15-7-8-23(20,21)22-3/h11-12,16-17,19H,4-10H2,1-3H3,(H,15,18)/t11-,12-,14+/m1/s1. The third-order valence-corrected chi connectivity index (χ3v) is 4.55. The summed E-state index contributed by atoms with van der Waals surface area (Å²) in [6.45, 7) is 3.02. The maximum atomic E-state index is 11.7. The summed E-state index contributed by atoms with van der Waals surface area (Å²) in [6, 6.07) is 0. The summed E-state index contributed by atoms with van der Waals surface area (Å²) in [5.74, 6) is -0.783. The second-order valence-corrected chi connectivity index (χ2v) is 7.94. The van der Waals surface area contributed by atoms with E-state index in [4.69, 9.17) is 5.11 Å². The Kier molecular flexibility index (Phi) is 9.86. The van der Waals surface area contributed by atoms with Crippen molar-refractivity contribution in [2.24, 2.45) is 0 Å². The van der Waals surface area contributed by atoms with Crippen molar-refractivity contribution in [3.05, 3.63) is 0 Å². The number of rotatable bonds is 12. The highest BCUT2D eigenvalue weighted by Gasteiger charge is 2.24. The molecule has 0 aromatic heterocycles. The first-order valence-corrected chi connectivity index (χ1v) is 9.18. The summed E-state index contributed by atoms with van der Waals surface area (Å²) in [5, 5.41) is 31.3. The van der Waals surface area contributed by atoms with Crippen LogP contribution < -0.4 is 5.32 Å². The van der Waals surface area contributed by atoms with E-state index in [0.717, 1.165) is 7.11 Å². The molecular weight excluding hydrogens is 326 g/mol. The van der Waals surface area contributed by atoms with Crippen LogP contribution in [-0.4, -0.2) is 66.9 Å². The van der Waals surface area contributed by atoms with E-state index in [1.54, 1.807) is 6.92 Å². The Bertz CT molecular complexity index is 448. The number of aliphatic hydroxyl groups is 3. The number of nitrogens with one attached hydrogen (secondary N) is 1. The first kappa shape index (κ1) is 22.3. The minimum absolute atomic E-state index is 0.0851. The fourth-order valence-electron chi connectivity index (χ4n) is 2.13. The first-order valence-electron chi connectivity index (χ1n) is 7.61. The van der Waals surface area contributed by atoms with Crippen LogP contribution in [0.2, 0.25) is 0 Å². The molecule has 0 saturated carbocycles.